The summed E-state index contributed by atoms with van der Waals surface area (Å²) in [6.07, 6.45) is 0.871. The maximum atomic E-state index is 12.4. The van der Waals surface area contributed by atoms with Gasteiger partial charge in [0.2, 0.25) is 0 Å². The Kier molecular flexibility index (Phi) is 3.36. The molecule has 2 aromatic carbocycles. The molecule has 0 bridgehead atoms. The first-order valence-corrected chi connectivity index (χ1v) is 6.95. The van der Waals surface area contributed by atoms with E-state index in [1.165, 1.54) is 0 Å². The van der Waals surface area contributed by atoms with Gasteiger partial charge in [0.25, 0.3) is 5.91 Å². The molecule has 0 aliphatic rings. The minimum absolute atomic E-state index is 0.161. The summed E-state index contributed by atoms with van der Waals surface area (Å²) in [5.41, 5.74) is 9.81. The van der Waals surface area contributed by atoms with Gasteiger partial charge in [-0.05, 0) is 30.2 Å². The van der Waals surface area contributed by atoms with Crippen LogP contribution in [0.4, 0.5) is 11.4 Å². The van der Waals surface area contributed by atoms with Crippen molar-refractivity contribution < 1.29 is 4.79 Å². The second-order valence-corrected chi connectivity index (χ2v) is 4.96. The smallest absolute Gasteiger partial charge is 0.272 e. The molecule has 0 radical (unpaired) electrons. The van der Waals surface area contributed by atoms with Crippen LogP contribution >= 0.6 is 0 Å². The molecule has 3 aromatic rings. The number of amides is 1. The van der Waals surface area contributed by atoms with Crippen molar-refractivity contribution in [1.82, 2.24) is 4.98 Å². The molecule has 4 heteroatoms. The van der Waals surface area contributed by atoms with Gasteiger partial charge >= 0.3 is 0 Å². The number of anilines is 2. The Bertz CT molecular complexity index is 805. The molecule has 4 N–H and O–H groups in total. The molecule has 0 spiro atoms. The summed E-state index contributed by atoms with van der Waals surface area (Å²) in [6.45, 7) is 2.06. The highest BCUT2D eigenvalue weighted by atomic mass is 16.1. The fraction of sp³-hybridized carbons (Fsp3) is 0.118. The van der Waals surface area contributed by atoms with Crippen molar-refractivity contribution in [3.05, 3.63) is 59.8 Å². The third kappa shape index (κ3) is 2.48. The first-order valence-electron chi connectivity index (χ1n) is 6.95. The van der Waals surface area contributed by atoms with Gasteiger partial charge < -0.3 is 16.0 Å². The van der Waals surface area contributed by atoms with Crippen molar-refractivity contribution in [3.8, 4) is 0 Å². The van der Waals surface area contributed by atoms with Crippen molar-refractivity contribution in [2.75, 3.05) is 11.1 Å². The predicted molar refractivity (Wildman–Crippen MR) is 86.5 cm³/mol. The molecule has 0 saturated carbocycles. The van der Waals surface area contributed by atoms with Gasteiger partial charge in [-0.2, -0.15) is 0 Å². The third-order valence-corrected chi connectivity index (χ3v) is 3.58. The fourth-order valence-corrected chi connectivity index (χ4v) is 2.44. The highest BCUT2D eigenvalue weighted by Gasteiger charge is 2.12. The van der Waals surface area contributed by atoms with E-state index in [1.807, 2.05) is 48.5 Å². The Morgan fingerprint density at radius 2 is 2.00 bits per heavy atom. The van der Waals surface area contributed by atoms with Crippen molar-refractivity contribution in [1.29, 1.82) is 0 Å². The van der Waals surface area contributed by atoms with Crippen LogP contribution in [0.2, 0.25) is 0 Å². The number of rotatable bonds is 3. The van der Waals surface area contributed by atoms with Gasteiger partial charge in [-0.25, -0.2) is 0 Å². The molecule has 3 rings (SSSR count). The van der Waals surface area contributed by atoms with Crippen LogP contribution in [0.25, 0.3) is 10.9 Å². The van der Waals surface area contributed by atoms with Gasteiger partial charge in [0.05, 0.1) is 11.2 Å². The number of aromatic amines is 1. The molecule has 0 atom stereocenters. The van der Waals surface area contributed by atoms with Crippen molar-refractivity contribution in [2.24, 2.45) is 0 Å². The maximum Gasteiger partial charge on any atom is 0.272 e. The number of hydrogen-bond donors (Lipinski definition) is 3. The quantitative estimate of drug-likeness (QED) is 0.641. The van der Waals surface area contributed by atoms with Crippen LogP contribution in [0.5, 0.6) is 0 Å². The van der Waals surface area contributed by atoms with E-state index in [2.05, 4.69) is 17.2 Å². The van der Waals surface area contributed by atoms with E-state index in [1.54, 1.807) is 0 Å². The summed E-state index contributed by atoms with van der Waals surface area (Å²) >= 11 is 0. The summed E-state index contributed by atoms with van der Waals surface area (Å²) in [4.78, 5) is 15.5. The summed E-state index contributed by atoms with van der Waals surface area (Å²) < 4.78 is 0. The zero-order valence-electron chi connectivity index (χ0n) is 11.8. The lowest BCUT2D eigenvalue weighted by molar-refractivity contribution is 0.102. The second-order valence-electron chi connectivity index (χ2n) is 4.96. The average Bonchev–Trinajstić information content (AvgIpc) is 2.93. The van der Waals surface area contributed by atoms with Gasteiger partial charge in [0.1, 0.15) is 5.69 Å². The van der Waals surface area contributed by atoms with E-state index >= 15 is 0 Å². The predicted octanol–water partition coefficient (Wildman–Crippen LogP) is 3.56. The Labute approximate surface area is 123 Å². The third-order valence-electron chi connectivity index (χ3n) is 3.58. The number of nitrogens with one attached hydrogen (secondary N) is 2. The van der Waals surface area contributed by atoms with Crippen molar-refractivity contribution >= 4 is 28.2 Å². The van der Waals surface area contributed by atoms with E-state index in [9.17, 15) is 4.79 Å². The fourth-order valence-electron chi connectivity index (χ4n) is 2.44. The Hall–Kier alpha value is -2.75. The molecule has 1 amide bonds. The van der Waals surface area contributed by atoms with E-state index < -0.39 is 0 Å². The van der Waals surface area contributed by atoms with Gasteiger partial charge in [0.15, 0.2) is 0 Å². The highest BCUT2D eigenvalue weighted by Crippen LogP contribution is 2.22. The Morgan fingerprint density at radius 1 is 1.19 bits per heavy atom. The van der Waals surface area contributed by atoms with Crippen LogP contribution in [0, 0.1) is 0 Å². The number of benzene rings is 2. The number of aromatic nitrogens is 1. The number of para-hydroxylation sites is 2. The number of nitrogen functional groups attached to an aromatic ring is 1. The molecule has 0 saturated heterocycles. The van der Waals surface area contributed by atoms with E-state index in [0.717, 1.165) is 28.6 Å². The summed E-state index contributed by atoms with van der Waals surface area (Å²) in [5.74, 6) is -0.161. The van der Waals surface area contributed by atoms with Crippen LogP contribution in [-0.4, -0.2) is 10.9 Å². The second kappa shape index (κ2) is 5.32. The molecule has 0 aliphatic heterocycles. The molecule has 1 aromatic heterocycles. The number of fused-ring (bicyclic) bond motifs is 1. The highest BCUT2D eigenvalue weighted by molar-refractivity contribution is 6.07. The monoisotopic (exact) mass is 279 g/mol. The number of H-pyrrole nitrogens is 1. The normalized spacial score (nSPS) is 10.7. The van der Waals surface area contributed by atoms with E-state index in [4.69, 9.17) is 5.73 Å². The molecule has 0 aliphatic carbocycles. The minimum atomic E-state index is -0.161. The van der Waals surface area contributed by atoms with Crippen molar-refractivity contribution in [3.63, 3.8) is 0 Å². The summed E-state index contributed by atoms with van der Waals surface area (Å²) in [6, 6.07) is 15.2. The zero-order chi connectivity index (χ0) is 14.8. The molecule has 0 unspecified atom stereocenters. The first-order chi connectivity index (χ1) is 10.2. The molecule has 106 valence electrons. The SMILES string of the molecule is CCc1ccccc1NC(=O)c1cc2cccc(N)c2[nH]1. The Balaban J connectivity index is 1.92. The molecule has 21 heavy (non-hydrogen) atoms. The molecule has 0 fully saturated rings. The van der Waals surface area contributed by atoms with E-state index in [0.29, 0.717) is 11.4 Å². The minimum Gasteiger partial charge on any atom is -0.397 e. The first kappa shape index (κ1) is 13.2. The Morgan fingerprint density at radius 3 is 2.76 bits per heavy atom. The van der Waals surface area contributed by atoms with Crippen LogP contribution in [-0.2, 0) is 6.42 Å². The van der Waals surface area contributed by atoms with Crippen LogP contribution in [0.15, 0.2) is 48.5 Å². The van der Waals surface area contributed by atoms with Crippen molar-refractivity contribution in [2.45, 2.75) is 13.3 Å². The van der Waals surface area contributed by atoms with Crippen LogP contribution in [0.1, 0.15) is 23.0 Å². The number of carbonyl (C=O) groups excluding carboxylic acids is 1. The topological polar surface area (TPSA) is 70.9 Å². The lowest BCUT2D eigenvalue weighted by atomic mass is 10.1. The average molecular weight is 279 g/mol. The molecular formula is C17H17N3O. The van der Waals surface area contributed by atoms with Gasteiger partial charge in [0, 0.05) is 11.1 Å². The van der Waals surface area contributed by atoms with Gasteiger partial charge in [-0.15, -0.1) is 0 Å². The molecular weight excluding hydrogens is 262 g/mol. The lowest BCUT2D eigenvalue weighted by Crippen LogP contribution is -2.13. The van der Waals surface area contributed by atoms with Crippen LogP contribution < -0.4 is 11.1 Å². The zero-order valence-corrected chi connectivity index (χ0v) is 11.8. The number of hydrogen-bond acceptors (Lipinski definition) is 2. The van der Waals surface area contributed by atoms with E-state index in [-0.39, 0.29) is 5.91 Å². The molecule has 4 nitrogen and oxygen atoms in total. The number of carbonyl (C=O) groups is 1. The van der Waals surface area contributed by atoms with Gasteiger partial charge in [-0.3, -0.25) is 4.79 Å². The van der Waals surface area contributed by atoms with Crippen LogP contribution in [0.3, 0.4) is 0 Å². The number of aryl methyl sites for hydroxylation is 1. The number of nitrogens with two attached hydrogens (primary N) is 1. The van der Waals surface area contributed by atoms with Gasteiger partial charge in [-0.1, -0.05) is 37.3 Å². The maximum absolute atomic E-state index is 12.4. The standard InChI is InChI=1S/C17H17N3O/c1-2-11-6-3-4-9-14(11)20-17(21)15-10-12-7-5-8-13(18)16(12)19-15/h3-10,19H,2,18H2,1H3,(H,20,21). The summed E-state index contributed by atoms with van der Waals surface area (Å²) in [7, 11) is 0. The largest absolute Gasteiger partial charge is 0.397 e. The summed E-state index contributed by atoms with van der Waals surface area (Å²) in [5, 5.41) is 3.88. The molecule has 1 heterocycles. The lowest BCUT2D eigenvalue weighted by Gasteiger charge is -2.08.